The van der Waals surface area contributed by atoms with Gasteiger partial charge < -0.3 is 0 Å². The van der Waals surface area contributed by atoms with Crippen LogP contribution in [0.5, 0.6) is 0 Å². The third-order valence-corrected chi connectivity index (χ3v) is 3.03. The lowest BCUT2D eigenvalue weighted by molar-refractivity contribution is 0.112. The summed E-state index contributed by atoms with van der Waals surface area (Å²) in [6, 6.07) is 5.58. The quantitative estimate of drug-likeness (QED) is 0.640. The van der Waals surface area contributed by atoms with Crippen LogP contribution in [0.1, 0.15) is 10.4 Å². The molecule has 0 amide bonds. The number of carbonyl (C=O) groups is 1. The van der Waals surface area contributed by atoms with Crippen LogP contribution in [0.4, 0.5) is 0 Å². The van der Waals surface area contributed by atoms with Crippen molar-refractivity contribution in [1.29, 1.82) is 0 Å². The van der Waals surface area contributed by atoms with Crippen LogP contribution < -0.4 is 0 Å². The van der Waals surface area contributed by atoms with Crippen molar-refractivity contribution in [1.82, 2.24) is 0 Å². The number of rotatable bonds is 1. The molecule has 0 spiro atoms. The zero-order chi connectivity index (χ0) is 8.55. The standard InChI is InChI=1S/C9H5ClOS/c10-9-6(5-11)1-2-8-7(9)3-4-12-8/h1-5H. The molecule has 0 saturated carbocycles. The van der Waals surface area contributed by atoms with Crippen molar-refractivity contribution in [3.05, 3.63) is 34.2 Å². The predicted molar refractivity (Wildman–Crippen MR) is 52.2 cm³/mol. The highest BCUT2D eigenvalue weighted by atomic mass is 35.5. The van der Waals surface area contributed by atoms with Crippen LogP contribution >= 0.6 is 22.9 Å². The number of hydrogen-bond acceptors (Lipinski definition) is 2. The Labute approximate surface area is 78.6 Å². The molecule has 3 heteroatoms. The fourth-order valence-corrected chi connectivity index (χ4v) is 2.24. The lowest BCUT2D eigenvalue weighted by atomic mass is 10.2. The van der Waals surface area contributed by atoms with E-state index in [1.807, 2.05) is 17.5 Å². The van der Waals surface area contributed by atoms with Crippen LogP contribution in [0.3, 0.4) is 0 Å². The Hall–Kier alpha value is -0.860. The van der Waals surface area contributed by atoms with Crippen molar-refractivity contribution in [2.24, 2.45) is 0 Å². The number of aldehydes is 1. The molecular weight excluding hydrogens is 192 g/mol. The van der Waals surface area contributed by atoms with Crippen molar-refractivity contribution >= 4 is 39.3 Å². The number of hydrogen-bond donors (Lipinski definition) is 0. The van der Waals surface area contributed by atoms with Gasteiger partial charge in [0.05, 0.1) is 5.02 Å². The van der Waals surface area contributed by atoms with Crippen LogP contribution in [0, 0.1) is 0 Å². The maximum absolute atomic E-state index is 10.5. The molecule has 1 aromatic heterocycles. The van der Waals surface area contributed by atoms with Gasteiger partial charge in [0, 0.05) is 15.6 Å². The summed E-state index contributed by atoms with van der Waals surface area (Å²) in [5, 5.41) is 3.49. The van der Waals surface area contributed by atoms with Crippen molar-refractivity contribution in [2.75, 3.05) is 0 Å². The minimum atomic E-state index is 0.558. The molecule has 0 radical (unpaired) electrons. The van der Waals surface area contributed by atoms with Gasteiger partial charge in [-0.2, -0.15) is 0 Å². The molecule has 0 aliphatic rings. The minimum absolute atomic E-state index is 0.558. The van der Waals surface area contributed by atoms with E-state index in [1.165, 1.54) is 0 Å². The van der Waals surface area contributed by atoms with E-state index in [9.17, 15) is 4.79 Å². The number of carbonyl (C=O) groups excluding carboxylic acids is 1. The van der Waals surface area contributed by atoms with Crippen LogP contribution in [-0.2, 0) is 0 Å². The predicted octanol–water partition coefficient (Wildman–Crippen LogP) is 3.37. The summed E-state index contributed by atoms with van der Waals surface area (Å²) < 4.78 is 1.12. The van der Waals surface area contributed by atoms with Crippen LogP contribution in [0.25, 0.3) is 10.1 Å². The van der Waals surface area contributed by atoms with Gasteiger partial charge in [0.25, 0.3) is 0 Å². The second kappa shape index (κ2) is 2.88. The van der Waals surface area contributed by atoms with Gasteiger partial charge in [0.1, 0.15) is 0 Å². The molecule has 0 aliphatic carbocycles. The highest BCUT2D eigenvalue weighted by molar-refractivity contribution is 7.17. The first kappa shape index (κ1) is 7.77. The molecule has 0 aliphatic heterocycles. The fraction of sp³-hybridized carbons (Fsp3) is 0. The van der Waals surface area contributed by atoms with Crippen molar-refractivity contribution < 1.29 is 4.79 Å². The van der Waals surface area contributed by atoms with Gasteiger partial charge in [0.15, 0.2) is 6.29 Å². The highest BCUT2D eigenvalue weighted by Crippen LogP contribution is 2.29. The molecule has 1 heterocycles. The zero-order valence-electron chi connectivity index (χ0n) is 6.08. The molecule has 0 N–H and O–H groups in total. The van der Waals surface area contributed by atoms with Gasteiger partial charge in [-0.3, -0.25) is 4.79 Å². The Bertz CT molecular complexity index is 433. The molecule has 0 unspecified atom stereocenters. The molecule has 0 fully saturated rings. The third-order valence-electron chi connectivity index (χ3n) is 1.73. The molecule has 12 heavy (non-hydrogen) atoms. The molecule has 2 aromatic rings. The van der Waals surface area contributed by atoms with Crippen LogP contribution in [0.15, 0.2) is 23.6 Å². The Kier molecular flexibility index (Phi) is 1.87. The van der Waals surface area contributed by atoms with Gasteiger partial charge in [-0.05, 0) is 23.6 Å². The molecule has 0 atom stereocenters. The van der Waals surface area contributed by atoms with Crippen LogP contribution in [-0.4, -0.2) is 6.29 Å². The number of halogens is 1. The van der Waals surface area contributed by atoms with Gasteiger partial charge >= 0.3 is 0 Å². The van der Waals surface area contributed by atoms with E-state index in [-0.39, 0.29) is 0 Å². The van der Waals surface area contributed by atoms with E-state index in [4.69, 9.17) is 11.6 Å². The van der Waals surface area contributed by atoms with E-state index < -0.39 is 0 Å². The first-order valence-corrected chi connectivity index (χ1v) is 4.69. The Balaban J connectivity index is 2.86. The summed E-state index contributed by atoms with van der Waals surface area (Å²) in [6.07, 6.45) is 0.777. The van der Waals surface area contributed by atoms with E-state index in [0.717, 1.165) is 16.4 Å². The second-order valence-corrected chi connectivity index (χ2v) is 3.74. The van der Waals surface area contributed by atoms with Crippen LogP contribution in [0.2, 0.25) is 5.02 Å². The number of benzene rings is 1. The van der Waals surface area contributed by atoms with E-state index in [2.05, 4.69) is 0 Å². The van der Waals surface area contributed by atoms with Crippen molar-refractivity contribution in [3.63, 3.8) is 0 Å². The fourth-order valence-electron chi connectivity index (χ4n) is 1.12. The Morgan fingerprint density at radius 3 is 2.92 bits per heavy atom. The summed E-state index contributed by atoms with van der Waals surface area (Å²) in [4.78, 5) is 10.5. The molecular formula is C9H5ClOS. The normalized spacial score (nSPS) is 10.4. The first-order valence-electron chi connectivity index (χ1n) is 3.44. The van der Waals surface area contributed by atoms with E-state index >= 15 is 0 Å². The van der Waals surface area contributed by atoms with Crippen molar-refractivity contribution in [2.45, 2.75) is 0 Å². The molecule has 1 aromatic carbocycles. The van der Waals surface area contributed by atoms with Gasteiger partial charge in [-0.1, -0.05) is 11.6 Å². The molecule has 1 nitrogen and oxygen atoms in total. The average molecular weight is 197 g/mol. The van der Waals surface area contributed by atoms with E-state index in [0.29, 0.717) is 10.6 Å². The summed E-state index contributed by atoms with van der Waals surface area (Å²) in [5.74, 6) is 0. The highest BCUT2D eigenvalue weighted by Gasteiger charge is 2.04. The first-order chi connectivity index (χ1) is 5.83. The lowest BCUT2D eigenvalue weighted by Gasteiger charge is -1.96. The molecule has 2 rings (SSSR count). The second-order valence-electron chi connectivity index (χ2n) is 2.42. The average Bonchev–Trinajstić information content (AvgIpc) is 2.53. The third kappa shape index (κ3) is 1.04. The van der Waals surface area contributed by atoms with Gasteiger partial charge in [-0.15, -0.1) is 11.3 Å². The largest absolute Gasteiger partial charge is 0.298 e. The zero-order valence-corrected chi connectivity index (χ0v) is 7.65. The summed E-state index contributed by atoms with van der Waals surface area (Å²) in [6.45, 7) is 0. The summed E-state index contributed by atoms with van der Waals surface area (Å²) >= 11 is 7.58. The molecule has 0 bridgehead atoms. The van der Waals surface area contributed by atoms with Gasteiger partial charge in [-0.25, -0.2) is 0 Å². The number of thiophene rings is 1. The maximum Gasteiger partial charge on any atom is 0.151 e. The molecule has 60 valence electrons. The number of fused-ring (bicyclic) bond motifs is 1. The summed E-state index contributed by atoms with van der Waals surface area (Å²) in [5.41, 5.74) is 0.558. The minimum Gasteiger partial charge on any atom is -0.298 e. The lowest BCUT2D eigenvalue weighted by Crippen LogP contribution is -1.80. The summed E-state index contributed by atoms with van der Waals surface area (Å²) in [7, 11) is 0. The molecule has 0 saturated heterocycles. The van der Waals surface area contributed by atoms with Crippen molar-refractivity contribution in [3.8, 4) is 0 Å². The SMILES string of the molecule is O=Cc1ccc2sccc2c1Cl. The Morgan fingerprint density at radius 2 is 2.17 bits per heavy atom. The smallest absolute Gasteiger partial charge is 0.151 e. The monoisotopic (exact) mass is 196 g/mol. The maximum atomic E-state index is 10.5. The Morgan fingerprint density at radius 1 is 1.33 bits per heavy atom. The topological polar surface area (TPSA) is 17.1 Å². The van der Waals surface area contributed by atoms with E-state index in [1.54, 1.807) is 17.4 Å². The van der Waals surface area contributed by atoms with Gasteiger partial charge in [0.2, 0.25) is 0 Å².